The molecule has 0 aromatic heterocycles. The summed E-state index contributed by atoms with van der Waals surface area (Å²) >= 11 is 0. The first-order valence-corrected chi connectivity index (χ1v) is 7.49. The molecule has 20 heavy (non-hydrogen) atoms. The van der Waals surface area contributed by atoms with Gasteiger partial charge in [-0.2, -0.15) is 13.2 Å². The van der Waals surface area contributed by atoms with E-state index in [1.807, 2.05) is 0 Å². The number of hydrogen-bond donors (Lipinski definition) is 2. The second-order valence-corrected chi connectivity index (χ2v) is 6.45. The molecular weight excluding hydrogens is 297 g/mol. The van der Waals surface area contributed by atoms with Crippen LogP contribution in [0.5, 0.6) is 0 Å². The fourth-order valence-corrected chi connectivity index (χ4v) is 1.87. The van der Waals surface area contributed by atoms with Gasteiger partial charge in [-0.05, 0) is 18.2 Å². The highest BCUT2D eigenvalue weighted by Crippen LogP contribution is 2.33. The molecular formula is C11H13F3N2O3S. The number of anilines is 1. The molecule has 0 spiro atoms. The number of carbonyl (C=O) groups is 1. The molecule has 3 N–H and O–H groups in total. The summed E-state index contributed by atoms with van der Waals surface area (Å²) in [5.74, 6) is -1.08. The maximum atomic E-state index is 12.6. The summed E-state index contributed by atoms with van der Waals surface area (Å²) in [7, 11) is -3.25. The normalized spacial score (nSPS) is 12.2. The third kappa shape index (κ3) is 4.72. The van der Waals surface area contributed by atoms with E-state index in [4.69, 9.17) is 5.73 Å². The van der Waals surface area contributed by atoms with Crippen LogP contribution in [0.4, 0.5) is 18.9 Å². The highest BCUT2D eigenvalue weighted by Gasteiger charge is 2.33. The molecule has 1 aromatic carbocycles. The van der Waals surface area contributed by atoms with Gasteiger partial charge in [-0.3, -0.25) is 4.79 Å². The lowest BCUT2D eigenvalue weighted by molar-refractivity contribution is -0.136. The van der Waals surface area contributed by atoms with Crippen LogP contribution in [0.25, 0.3) is 0 Å². The number of nitrogens with one attached hydrogen (secondary N) is 1. The number of amides is 1. The molecule has 0 radical (unpaired) electrons. The highest BCUT2D eigenvalue weighted by molar-refractivity contribution is 7.90. The number of hydrogen-bond acceptors (Lipinski definition) is 4. The predicted molar refractivity (Wildman–Crippen MR) is 67.9 cm³/mol. The Morgan fingerprint density at radius 2 is 1.95 bits per heavy atom. The minimum atomic E-state index is -4.66. The first-order valence-electron chi connectivity index (χ1n) is 5.43. The van der Waals surface area contributed by atoms with Crippen LogP contribution in [0.1, 0.15) is 15.9 Å². The summed E-state index contributed by atoms with van der Waals surface area (Å²) in [5, 5.41) is 2.23. The van der Waals surface area contributed by atoms with Crippen molar-refractivity contribution in [3.8, 4) is 0 Å². The van der Waals surface area contributed by atoms with Crippen molar-refractivity contribution in [2.45, 2.75) is 6.18 Å². The Labute approximate surface area is 113 Å². The van der Waals surface area contributed by atoms with E-state index in [1.54, 1.807) is 0 Å². The number of nitrogen functional groups attached to an aromatic ring is 1. The summed E-state index contributed by atoms with van der Waals surface area (Å²) in [6, 6.07) is 2.75. The minimum Gasteiger partial charge on any atom is -0.398 e. The number of halogens is 3. The molecule has 0 fully saturated rings. The molecule has 0 aliphatic heterocycles. The van der Waals surface area contributed by atoms with E-state index in [-0.39, 0.29) is 17.9 Å². The topological polar surface area (TPSA) is 89.3 Å². The molecule has 5 nitrogen and oxygen atoms in total. The summed E-state index contributed by atoms with van der Waals surface area (Å²) in [4.78, 5) is 11.6. The van der Waals surface area contributed by atoms with Crippen LogP contribution in [0, 0.1) is 0 Å². The quantitative estimate of drug-likeness (QED) is 0.814. The third-order valence-electron chi connectivity index (χ3n) is 2.38. The van der Waals surface area contributed by atoms with Crippen molar-refractivity contribution in [2.24, 2.45) is 0 Å². The van der Waals surface area contributed by atoms with Crippen molar-refractivity contribution in [2.75, 3.05) is 24.3 Å². The molecule has 0 saturated carbocycles. The standard InChI is InChI=1S/C11H13F3N2O3S/c1-20(18,19)5-4-16-10(17)7-2-3-9(15)8(6-7)11(12,13)14/h2-3,6H,4-5,15H2,1H3,(H,16,17). The molecule has 1 rings (SSSR count). The van der Waals surface area contributed by atoms with E-state index in [0.717, 1.165) is 18.4 Å². The van der Waals surface area contributed by atoms with Crippen LogP contribution < -0.4 is 11.1 Å². The zero-order chi connectivity index (χ0) is 15.6. The molecule has 0 heterocycles. The van der Waals surface area contributed by atoms with Gasteiger partial charge in [0.25, 0.3) is 5.91 Å². The summed E-state index contributed by atoms with van der Waals surface area (Å²) in [6.07, 6.45) is -3.67. The Morgan fingerprint density at radius 3 is 2.45 bits per heavy atom. The fourth-order valence-electron chi connectivity index (χ4n) is 1.40. The van der Waals surface area contributed by atoms with E-state index in [0.29, 0.717) is 6.07 Å². The van der Waals surface area contributed by atoms with Crippen LogP contribution in [0.2, 0.25) is 0 Å². The van der Waals surface area contributed by atoms with E-state index < -0.39 is 33.2 Å². The highest BCUT2D eigenvalue weighted by atomic mass is 32.2. The SMILES string of the molecule is CS(=O)(=O)CCNC(=O)c1ccc(N)c(C(F)(F)F)c1. The Hall–Kier alpha value is -1.77. The van der Waals surface area contributed by atoms with Crippen molar-refractivity contribution in [1.82, 2.24) is 5.32 Å². The number of sulfone groups is 1. The van der Waals surface area contributed by atoms with E-state index in [1.165, 1.54) is 0 Å². The minimum absolute atomic E-state index is 0.177. The molecule has 1 amide bonds. The van der Waals surface area contributed by atoms with Gasteiger partial charge >= 0.3 is 6.18 Å². The first kappa shape index (κ1) is 16.3. The van der Waals surface area contributed by atoms with E-state index in [9.17, 15) is 26.4 Å². The van der Waals surface area contributed by atoms with Gasteiger partial charge < -0.3 is 11.1 Å². The van der Waals surface area contributed by atoms with Crippen molar-refractivity contribution in [3.63, 3.8) is 0 Å². The van der Waals surface area contributed by atoms with E-state index >= 15 is 0 Å². The molecule has 0 bridgehead atoms. The van der Waals surface area contributed by atoms with Gasteiger partial charge in [0.2, 0.25) is 0 Å². The zero-order valence-electron chi connectivity index (χ0n) is 10.5. The Morgan fingerprint density at radius 1 is 1.35 bits per heavy atom. The van der Waals surface area contributed by atoms with Crippen LogP contribution in [0.15, 0.2) is 18.2 Å². The molecule has 9 heteroatoms. The van der Waals surface area contributed by atoms with Gasteiger partial charge in [-0.25, -0.2) is 8.42 Å². The fraction of sp³-hybridized carbons (Fsp3) is 0.364. The third-order valence-corrected chi connectivity index (χ3v) is 3.32. The molecule has 0 aliphatic carbocycles. The van der Waals surface area contributed by atoms with Gasteiger partial charge in [0, 0.05) is 24.1 Å². The van der Waals surface area contributed by atoms with Crippen molar-refractivity contribution in [1.29, 1.82) is 0 Å². The average Bonchev–Trinajstić information content (AvgIpc) is 2.26. The van der Waals surface area contributed by atoms with Crippen molar-refractivity contribution >= 4 is 21.4 Å². The van der Waals surface area contributed by atoms with Gasteiger partial charge in [0.1, 0.15) is 9.84 Å². The van der Waals surface area contributed by atoms with E-state index in [2.05, 4.69) is 5.32 Å². The van der Waals surface area contributed by atoms with Crippen molar-refractivity contribution < 1.29 is 26.4 Å². The molecule has 0 unspecified atom stereocenters. The maximum Gasteiger partial charge on any atom is 0.418 e. The lowest BCUT2D eigenvalue weighted by Gasteiger charge is -2.11. The largest absolute Gasteiger partial charge is 0.418 e. The lowest BCUT2D eigenvalue weighted by Crippen LogP contribution is -2.29. The van der Waals surface area contributed by atoms with Crippen LogP contribution in [0.3, 0.4) is 0 Å². The summed E-state index contributed by atoms with van der Waals surface area (Å²) in [6.45, 7) is -0.177. The van der Waals surface area contributed by atoms with Gasteiger partial charge in [-0.1, -0.05) is 0 Å². The zero-order valence-corrected chi connectivity index (χ0v) is 11.3. The number of alkyl halides is 3. The second-order valence-electron chi connectivity index (χ2n) is 4.19. The Kier molecular flexibility index (Phi) is 4.64. The number of carbonyl (C=O) groups excluding carboxylic acids is 1. The average molecular weight is 310 g/mol. The van der Waals surface area contributed by atoms with Crippen LogP contribution in [-0.2, 0) is 16.0 Å². The summed E-state index contributed by atoms with van der Waals surface area (Å²) in [5.41, 5.74) is 3.38. The Balaban J connectivity index is 2.85. The number of rotatable bonds is 4. The molecule has 0 saturated heterocycles. The van der Waals surface area contributed by atoms with Gasteiger partial charge in [0.05, 0.1) is 11.3 Å². The van der Waals surface area contributed by atoms with Crippen LogP contribution >= 0.6 is 0 Å². The maximum absolute atomic E-state index is 12.6. The predicted octanol–water partition coefficient (Wildman–Crippen LogP) is 1.06. The molecule has 112 valence electrons. The second kappa shape index (κ2) is 5.70. The number of nitrogens with two attached hydrogens (primary N) is 1. The lowest BCUT2D eigenvalue weighted by atomic mass is 10.1. The Bertz CT molecular complexity index is 612. The molecule has 0 atom stereocenters. The smallest absolute Gasteiger partial charge is 0.398 e. The molecule has 1 aromatic rings. The van der Waals surface area contributed by atoms with Crippen molar-refractivity contribution in [3.05, 3.63) is 29.3 Å². The number of benzene rings is 1. The van der Waals surface area contributed by atoms with Crippen LogP contribution in [-0.4, -0.2) is 32.9 Å². The monoisotopic (exact) mass is 310 g/mol. The van der Waals surface area contributed by atoms with Gasteiger partial charge in [-0.15, -0.1) is 0 Å². The molecule has 0 aliphatic rings. The van der Waals surface area contributed by atoms with Gasteiger partial charge in [0.15, 0.2) is 0 Å². The first-order chi connectivity index (χ1) is 9.00. The summed E-state index contributed by atoms with van der Waals surface area (Å²) < 4.78 is 59.6.